The van der Waals surface area contributed by atoms with Crippen LogP contribution in [0.25, 0.3) is 72.5 Å². The van der Waals surface area contributed by atoms with Crippen molar-refractivity contribution in [2.24, 2.45) is 0 Å². The second-order valence-corrected chi connectivity index (χ2v) is 17.2. The molecule has 3 heteroatoms. The van der Waals surface area contributed by atoms with Crippen LogP contribution in [0.3, 0.4) is 0 Å². The van der Waals surface area contributed by atoms with Gasteiger partial charge >= 0.3 is 0 Å². The van der Waals surface area contributed by atoms with E-state index in [4.69, 9.17) is 9.97 Å². The van der Waals surface area contributed by atoms with Gasteiger partial charge < -0.3 is 0 Å². The van der Waals surface area contributed by atoms with Crippen LogP contribution in [-0.4, -0.2) is 14.5 Å². The maximum absolute atomic E-state index is 5.38. The molecule has 0 saturated heterocycles. The molecule has 0 saturated carbocycles. The predicted octanol–water partition coefficient (Wildman–Crippen LogP) is 13.9. The smallest absolute Gasteiger partial charge is 0.235 e. The topological polar surface area (TPSA) is 30.7 Å². The van der Waals surface area contributed by atoms with E-state index >= 15 is 0 Å². The summed E-state index contributed by atoms with van der Waals surface area (Å²) >= 11 is 0. The van der Waals surface area contributed by atoms with Gasteiger partial charge in [-0.2, -0.15) is 0 Å². The van der Waals surface area contributed by atoms with Crippen LogP contribution in [0.5, 0.6) is 0 Å². The van der Waals surface area contributed by atoms with Crippen molar-refractivity contribution < 1.29 is 0 Å². The van der Waals surface area contributed by atoms with E-state index in [-0.39, 0.29) is 0 Å². The summed E-state index contributed by atoms with van der Waals surface area (Å²) in [4.78, 5) is 10.8. The largest absolute Gasteiger partial charge is 0.278 e. The highest BCUT2D eigenvalue weighted by Gasteiger charge is 2.59. The van der Waals surface area contributed by atoms with Gasteiger partial charge in [-0.15, -0.1) is 0 Å². The van der Waals surface area contributed by atoms with E-state index in [0.717, 1.165) is 33.5 Å². The van der Waals surface area contributed by atoms with Crippen molar-refractivity contribution in [3.05, 3.63) is 269 Å². The summed E-state index contributed by atoms with van der Waals surface area (Å²) in [6.45, 7) is 0. The fourth-order valence-corrected chi connectivity index (χ4v) is 12.0. The van der Waals surface area contributed by atoms with Crippen molar-refractivity contribution in [2.45, 2.75) is 10.8 Å². The normalized spacial score (nSPS) is 14.3. The maximum atomic E-state index is 5.38. The van der Waals surface area contributed by atoms with Crippen LogP contribution in [0.4, 0.5) is 0 Å². The zero-order valence-electron chi connectivity index (χ0n) is 34.2. The molecule has 292 valence electrons. The Morgan fingerprint density at radius 1 is 0.286 bits per heavy atom. The zero-order valence-corrected chi connectivity index (χ0v) is 34.2. The number of nitrogens with zero attached hydrogens (tertiary/aromatic N) is 3. The van der Waals surface area contributed by atoms with Crippen LogP contribution in [0, 0.1) is 0 Å². The first-order valence-corrected chi connectivity index (χ1v) is 21.8. The van der Waals surface area contributed by atoms with E-state index in [2.05, 4.69) is 229 Å². The minimum absolute atomic E-state index is 0.485. The van der Waals surface area contributed by atoms with Crippen molar-refractivity contribution in [2.75, 3.05) is 0 Å². The average Bonchev–Trinajstić information content (AvgIpc) is 3.95. The number of fused-ring (bicyclic) bond motifs is 19. The quantitative estimate of drug-likeness (QED) is 0.178. The molecule has 63 heavy (non-hydrogen) atoms. The third kappa shape index (κ3) is 4.38. The Kier molecular flexibility index (Phi) is 6.97. The molecule has 11 aromatic rings. The highest BCUT2D eigenvalue weighted by Crippen LogP contribution is 2.67. The molecule has 3 nitrogen and oxygen atoms in total. The van der Waals surface area contributed by atoms with E-state index in [1.54, 1.807) is 0 Å². The highest BCUT2D eigenvalue weighted by molar-refractivity contribution is 6.12. The summed E-state index contributed by atoms with van der Waals surface area (Å²) < 4.78 is 2.29. The molecule has 0 amide bonds. The molecule has 2 aromatic heterocycles. The molecule has 3 aliphatic carbocycles. The van der Waals surface area contributed by atoms with E-state index in [1.807, 2.05) is 0 Å². The summed E-state index contributed by atoms with van der Waals surface area (Å²) in [6, 6.07) is 82.7. The monoisotopic (exact) mass is 799 g/mol. The van der Waals surface area contributed by atoms with Crippen molar-refractivity contribution in [3.63, 3.8) is 0 Å². The number of para-hydroxylation sites is 1. The third-order valence-electron chi connectivity index (χ3n) is 14.3. The van der Waals surface area contributed by atoms with Gasteiger partial charge in [0.1, 0.15) is 0 Å². The number of hydrogen-bond donors (Lipinski definition) is 0. The number of rotatable bonds is 3. The van der Waals surface area contributed by atoms with E-state index in [1.165, 1.54) is 77.5 Å². The Morgan fingerprint density at radius 2 is 0.683 bits per heavy atom. The van der Waals surface area contributed by atoms with Crippen molar-refractivity contribution in [3.8, 4) is 50.7 Å². The summed E-state index contributed by atoms with van der Waals surface area (Å²) in [5.41, 5.74) is 20.7. The molecule has 2 heterocycles. The minimum Gasteiger partial charge on any atom is -0.278 e. The molecule has 0 radical (unpaired) electrons. The lowest BCUT2D eigenvalue weighted by molar-refractivity contribution is 0.633. The molecule has 0 bridgehead atoms. The van der Waals surface area contributed by atoms with Gasteiger partial charge in [-0.3, -0.25) is 4.57 Å². The number of aromatic nitrogens is 3. The van der Waals surface area contributed by atoms with Crippen LogP contribution in [-0.2, 0) is 10.8 Å². The second-order valence-electron chi connectivity index (χ2n) is 17.2. The summed E-state index contributed by atoms with van der Waals surface area (Å²) in [6.07, 6.45) is 0. The lowest BCUT2D eigenvalue weighted by Crippen LogP contribution is -2.43. The van der Waals surface area contributed by atoms with Crippen LogP contribution in [0.1, 0.15) is 44.5 Å². The molecule has 0 N–H and O–H groups in total. The average molecular weight is 800 g/mol. The fourth-order valence-electron chi connectivity index (χ4n) is 12.0. The Morgan fingerprint density at radius 3 is 1.19 bits per heavy atom. The van der Waals surface area contributed by atoms with Gasteiger partial charge in [0.25, 0.3) is 0 Å². The minimum atomic E-state index is -0.585. The van der Waals surface area contributed by atoms with Gasteiger partial charge in [0.05, 0.1) is 33.3 Å². The lowest BCUT2D eigenvalue weighted by atomic mass is 9.52. The van der Waals surface area contributed by atoms with Crippen LogP contribution < -0.4 is 0 Å². The lowest BCUT2D eigenvalue weighted by Gasteiger charge is -2.48. The van der Waals surface area contributed by atoms with Crippen molar-refractivity contribution in [1.82, 2.24) is 14.5 Å². The van der Waals surface area contributed by atoms with E-state index < -0.39 is 10.8 Å². The Hall–Kier alpha value is -8.14. The second kappa shape index (κ2) is 12.7. The molecule has 9 aromatic carbocycles. The Balaban J connectivity index is 1.10. The van der Waals surface area contributed by atoms with Gasteiger partial charge in [-0.25, -0.2) is 9.97 Å². The van der Waals surface area contributed by atoms with Gasteiger partial charge in [-0.1, -0.05) is 200 Å². The molecule has 0 unspecified atom stereocenters. The SMILES string of the molecule is c1ccc(-c2cc(-c3ccccc3)nc(-n3c4ccccc4c4cc5c(cc43)-c3ccccc3C53c4ccccc4C4(c5ccccc5-c5ccccc54)c4ccccc43)n2)cc1. The Labute approximate surface area is 365 Å². The van der Waals surface area contributed by atoms with Crippen LogP contribution >= 0.6 is 0 Å². The number of hydrogen-bond acceptors (Lipinski definition) is 2. The van der Waals surface area contributed by atoms with Gasteiger partial charge in [0, 0.05) is 21.9 Å². The maximum Gasteiger partial charge on any atom is 0.235 e. The summed E-state index contributed by atoms with van der Waals surface area (Å²) in [5, 5.41) is 2.35. The molecule has 14 rings (SSSR count). The van der Waals surface area contributed by atoms with Crippen LogP contribution in [0.2, 0.25) is 0 Å². The van der Waals surface area contributed by atoms with Crippen LogP contribution in [0.15, 0.2) is 224 Å². The number of benzene rings is 9. The van der Waals surface area contributed by atoms with Gasteiger partial charge in [-0.05, 0) is 91.0 Å². The first-order valence-electron chi connectivity index (χ1n) is 21.8. The molecule has 0 aliphatic heterocycles. The molecule has 0 atom stereocenters. The first-order chi connectivity index (χ1) is 31.3. The van der Waals surface area contributed by atoms with E-state index in [0.29, 0.717) is 5.95 Å². The standard InChI is InChI=1S/C60H37N3/c1-3-19-38(20-4-1)54-37-55(39-21-5-2-6-22-39)62-58(61-54)63-56-34-18-10-26-43(56)45-35-53-44(36-57(45)63)42-25-9-13-29-48(42)60(53)51-32-16-14-30-49(51)59(50-31-15-17-33-52(50)60)46-27-11-7-23-40(46)41-24-8-12-28-47(41)59/h1-37H. The summed E-state index contributed by atoms with van der Waals surface area (Å²) in [7, 11) is 0. The molecule has 2 spiro atoms. The molecule has 3 aliphatic rings. The van der Waals surface area contributed by atoms with Crippen molar-refractivity contribution in [1.29, 1.82) is 0 Å². The summed E-state index contributed by atoms with van der Waals surface area (Å²) in [5.74, 6) is 0.649. The molecular formula is C60H37N3. The fraction of sp³-hybridized carbons (Fsp3) is 0.0333. The molecular weight excluding hydrogens is 763 g/mol. The Bertz CT molecular complexity index is 3540. The highest BCUT2D eigenvalue weighted by atomic mass is 15.2. The van der Waals surface area contributed by atoms with E-state index in [9.17, 15) is 0 Å². The van der Waals surface area contributed by atoms with Crippen molar-refractivity contribution >= 4 is 21.8 Å². The zero-order chi connectivity index (χ0) is 41.3. The molecule has 0 fully saturated rings. The predicted molar refractivity (Wildman–Crippen MR) is 255 cm³/mol. The third-order valence-corrected chi connectivity index (χ3v) is 14.3. The first kappa shape index (κ1) is 34.6. The van der Waals surface area contributed by atoms with Gasteiger partial charge in [0.2, 0.25) is 5.95 Å². The van der Waals surface area contributed by atoms with Gasteiger partial charge in [0.15, 0.2) is 0 Å².